The van der Waals surface area contributed by atoms with Crippen molar-refractivity contribution in [1.29, 1.82) is 0 Å². The number of thiophene rings is 1. The Balaban J connectivity index is 2.84. The molecule has 0 aliphatic carbocycles. The topological polar surface area (TPSA) is 20.2 Å². The van der Waals surface area contributed by atoms with Gasteiger partial charge in [-0.3, -0.25) is 0 Å². The first-order valence-corrected chi connectivity index (χ1v) is 4.41. The van der Waals surface area contributed by atoms with Gasteiger partial charge in [0.2, 0.25) is 0 Å². The van der Waals surface area contributed by atoms with Crippen LogP contribution in [0.15, 0.2) is 28.6 Å². The molecule has 0 spiro atoms. The van der Waals surface area contributed by atoms with Crippen LogP contribution in [-0.2, 0) is 0 Å². The van der Waals surface area contributed by atoms with Gasteiger partial charge in [0.25, 0.3) is 0 Å². The Hall–Kier alpha value is -0.120. The van der Waals surface area contributed by atoms with Crippen LogP contribution in [0, 0.1) is 0 Å². The second-order valence-electron chi connectivity index (χ2n) is 1.82. The molecule has 0 fully saturated rings. The summed E-state index contributed by atoms with van der Waals surface area (Å²) in [5, 5.41) is 9.21. The number of aliphatic hydroxyl groups excluding tert-OH is 1. The highest BCUT2D eigenvalue weighted by Gasteiger charge is 2.03. The van der Waals surface area contributed by atoms with E-state index < -0.39 is 6.10 Å². The zero-order valence-electron chi connectivity index (χ0n) is 5.25. The van der Waals surface area contributed by atoms with Crippen LogP contribution in [0.4, 0.5) is 0 Å². The fourth-order valence-electron chi connectivity index (χ4n) is 0.603. The minimum atomic E-state index is -0.517. The molecule has 54 valence electrons. The van der Waals surface area contributed by atoms with Crippen molar-refractivity contribution in [2.75, 3.05) is 0 Å². The highest BCUT2D eigenvalue weighted by Crippen LogP contribution is 2.27. The summed E-state index contributed by atoms with van der Waals surface area (Å²) in [5.41, 5.74) is 0. The van der Waals surface area contributed by atoms with E-state index in [4.69, 9.17) is 0 Å². The molecule has 0 aliphatic rings. The first-order valence-electron chi connectivity index (χ1n) is 2.80. The molecule has 0 radical (unpaired) electrons. The van der Waals surface area contributed by atoms with E-state index >= 15 is 0 Å². The van der Waals surface area contributed by atoms with Crippen molar-refractivity contribution in [2.24, 2.45) is 0 Å². The molecule has 10 heavy (non-hydrogen) atoms. The molecule has 1 N–H and O–H groups in total. The standard InChI is InChI=1S/C7H7BrOS/c1-2-5(9)6-3-4-7(8)10-6/h2-5,9H,1H2. The first-order chi connectivity index (χ1) is 4.74. The quantitative estimate of drug-likeness (QED) is 0.758. The molecule has 0 saturated heterocycles. The number of aliphatic hydroxyl groups is 1. The number of rotatable bonds is 2. The minimum absolute atomic E-state index is 0.517. The Kier molecular flexibility index (Phi) is 2.65. The summed E-state index contributed by atoms with van der Waals surface area (Å²) in [6.45, 7) is 3.49. The third-order valence-electron chi connectivity index (χ3n) is 1.11. The molecule has 0 aromatic carbocycles. The summed E-state index contributed by atoms with van der Waals surface area (Å²) in [4.78, 5) is 0.918. The van der Waals surface area contributed by atoms with Gasteiger partial charge in [0.15, 0.2) is 0 Å². The van der Waals surface area contributed by atoms with Crippen molar-refractivity contribution >= 4 is 27.3 Å². The Morgan fingerprint density at radius 1 is 1.70 bits per heavy atom. The summed E-state index contributed by atoms with van der Waals surface area (Å²) in [5.74, 6) is 0. The predicted octanol–water partition coefficient (Wildman–Crippen LogP) is 2.73. The van der Waals surface area contributed by atoms with Gasteiger partial charge in [0, 0.05) is 4.88 Å². The SMILES string of the molecule is C=CC(O)c1ccc(Br)s1. The van der Waals surface area contributed by atoms with E-state index in [2.05, 4.69) is 22.5 Å². The van der Waals surface area contributed by atoms with Gasteiger partial charge >= 0.3 is 0 Å². The van der Waals surface area contributed by atoms with E-state index in [-0.39, 0.29) is 0 Å². The normalized spacial score (nSPS) is 13.0. The Labute approximate surface area is 72.1 Å². The molecular formula is C7H7BrOS. The number of hydrogen-bond acceptors (Lipinski definition) is 2. The van der Waals surface area contributed by atoms with Gasteiger partial charge in [-0.1, -0.05) is 6.08 Å². The zero-order valence-corrected chi connectivity index (χ0v) is 7.65. The lowest BCUT2D eigenvalue weighted by molar-refractivity contribution is 0.233. The molecule has 1 aromatic heterocycles. The van der Waals surface area contributed by atoms with E-state index in [1.54, 1.807) is 0 Å². The predicted molar refractivity (Wildman–Crippen MR) is 47.2 cm³/mol. The van der Waals surface area contributed by atoms with Gasteiger partial charge < -0.3 is 5.11 Å². The van der Waals surface area contributed by atoms with Crippen LogP contribution in [-0.4, -0.2) is 5.11 Å². The van der Waals surface area contributed by atoms with Crippen LogP contribution in [0.5, 0.6) is 0 Å². The summed E-state index contributed by atoms with van der Waals surface area (Å²) in [6.07, 6.45) is 0.995. The Bertz CT molecular complexity index is 231. The van der Waals surface area contributed by atoms with Crippen LogP contribution in [0.1, 0.15) is 11.0 Å². The van der Waals surface area contributed by atoms with E-state index in [0.717, 1.165) is 8.66 Å². The zero-order chi connectivity index (χ0) is 7.56. The Morgan fingerprint density at radius 2 is 2.40 bits per heavy atom. The molecule has 3 heteroatoms. The van der Waals surface area contributed by atoms with Crippen molar-refractivity contribution in [3.63, 3.8) is 0 Å². The van der Waals surface area contributed by atoms with Crippen LogP contribution >= 0.6 is 27.3 Å². The van der Waals surface area contributed by atoms with E-state index in [9.17, 15) is 5.11 Å². The maximum absolute atomic E-state index is 9.21. The maximum Gasteiger partial charge on any atom is 0.106 e. The van der Waals surface area contributed by atoms with Crippen LogP contribution in [0.2, 0.25) is 0 Å². The highest BCUT2D eigenvalue weighted by atomic mass is 79.9. The lowest BCUT2D eigenvalue weighted by atomic mass is 10.3. The van der Waals surface area contributed by atoms with Crippen molar-refractivity contribution in [3.05, 3.63) is 33.5 Å². The highest BCUT2D eigenvalue weighted by molar-refractivity contribution is 9.11. The van der Waals surface area contributed by atoms with Crippen molar-refractivity contribution < 1.29 is 5.11 Å². The fraction of sp³-hybridized carbons (Fsp3) is 0.143. The average molecular weight is 219 g/mol. The van der Waals surface area contributed by atoms with E-state index in [1.165, 1.54) is 17.4 Å². The maximum atomic E-state index is 9.21. The third kappa shape index (κ3) is 1.68. The van der Waals surface area contributed by atoms with Gasteiger partial charge in [-0.25, -0.2) is 0 Å². The summed E-state index contributed by atoms with van der Waals surface area (Å²) in [6, 6.07) is 3.79. The van der Waals surface area contributed by atoms with Crippen LogP contribution in [0.3, 0.4) is 0 Å². The van der Waals surface area contributed by atoms with Gasteiger partial charge in [-0.15, -0.1) is 17.9 Å². The van der Waals surface area contributed by atoms with Gasteiger partial charge in [0.1, 0.15) is 6.10 Å². The molecule has 0 saturated carbocycles. The summed E-state index contributed by atoms with van der Waals surface area (Å²) < 4.78 is 1.03. The fourth-order valence-corrected chi connectivity index (χ4v) is 2.01. The van der Waals surface area contributed by atoms with Crippen molar-refractivity contribution in [2.45, 2.75) is 6.10 Å². The van der Waals surface area contributed by atoms with E-state index in [1.807, 2.05) is 12.1 Å². The first kappa shape index (κ1) is 7.98. The second kappa shape index (κ2) is 3.32. The van der Waals surface area contributed by atoms with Crippen molar-refractivity contribution in [3.8, 4) is 0 Å². The van der Waals surface area contributed by atoms with Gasteiger partial charge in [0.05, 0.1) is 3.79 Å². The van der Waals surface area contributed by atoms with Crippen molar-refractivity contribution in [1.82, 2.24) is 0 Å². The molecule has 1 nitrogen and oxygen atoms in total. The summed E-state index contributed by atoms with van der Waals surface area (Å²) >= 11 is 4.82. The minimum Gasteiger partial charge on any atom is -0.383 e. The second-order valence-corrected chi connectivity index (χ2v) is 4.32. The monoisotopic (exact) mass is 218 g/mol. The van der Waals surface area contributed by atoms with Crippen LogP contribution < -0.4 is 0 Å². The molecular weight excluding hydrogens is 212 g/mol. The van der Waals surface area contributed by atoms with E-state index in [0.29, 0.717) is 0 Å². The smallest absolute Gasteiger partial charge is 0.106 e. The number of halogens is 1. The van der Waals surface area contributed by atoms with Gasteiger partial charge in [-0.05, 0) is 28.1 Å². The molecule has 1 aromatic rings. The molecule has 0 bridgehead atoms. The van der Waals surface area contributed by atoms with Crippen LogP contribution in [0.25, 0.3) is 0 Å². The molecule has 1 atom stereocenters. The lowest BCUT2D eigenvalue weighted by Gasteiger charge is -1.97. The lowest BCUT2D eigenvalue weighted by Crippen LogP contribution is -1.85. The molecule has 1 unspecified atom stereocenters. The molecule has 0 aliphatic heterocycles. The number of hydrogen-bond donors (Lipinski definition) is 1. The average Bonchev–Trinajstić information content (AvgIpc) is 2.34. The van der Waals surface area contributed by atoms with Gasteiger partial charge in [-0.2, -0.15) is 0 Å². The Morgan fingerprint density at radius 3 is 2.80 bits per heavy atom. The molecule has 1 heterocycles. The third-order valence-corrected chi connectivity index (χ3v) is 2.80. The molecule has 0 amide bonds. The largest absolute Gasteiger partial charge is 0.383 e. The molecule has 1 rings (SSSR count). The summed E-state index contributed by atoms with van der Waals surface area (Å²) in [7, 11) is 0.